The highest BCUT2D eigenvalue weighted by molar-refractivity contribution is 5.94. The molecular formula is C19H20N2O3. The number of benzene rings is 2. The van der Waals surface area contributed by atoms with E-state index < -0.39 is 0 Å². The van der Waals surface area contributed by atoms with Gasteiger partial charge in [-0.15, -0.1) is 0 Å². The van der Waals surface area contributed by atoms with Crippen molar-refractivity contribution < 1.29 is 14.3 Å². The summed E-state index contributed by atoms with van der Waals surface area (Å²) >= 11 is 0. The lowest BCUT2D eigenvalue weighted by molar-refractivity contribution is -0.123. The van der Waals surface area contributed by atoms with Gasteiger partial charge in [-0.2, -0.15) is 0 Å². The van der Waals surface area contributed by atoms with Gasteiger partial charge in [-0.3, -0.25) is 9.59 Å². The number of nitrogens with zero attached hydrogens (tertiary/aromatic N) is 1. The van der Waals surface area contributed by atoms with Crippen LogP contribution >= 0.6 is 0 Å². The van der Waals surface area contributed by atoms with E-state index in [4.69, 9.17) is 10.5 Å². The number of hydrogen-bond acceptors (Lipinski definition) is 3. The Morgan fingerprint density at radius 3 is 2.29 bits per heavy atom. The Balaban J connectivity index is 1.67. The quantitative estimate of drug-likeness (QED) is 0.940. The third-order valence-electron chi connectivity index (χ3n) is 4.24. The Kier molecular flexibility index (Phi) is 4.79. The number of hydrogen-bond donors (Lipinski definition) is 1. The van der Waals surface area contributed by atoms with Crippen LogP contribution in [0.25, 0.3) is 0 Å². The van der Waals surface area contributed by atoms with Crippen LogP contribution in [0.15, 0.2) is 54.6 Å². The van der Waals surface area contributed by atoms with Crippen LogP contribution in [-0.2, 0) is 4.79 Å². The summed E-state index contributed by atoms with van der Waals surface area (Å²) in [4.78, 5) is 25.6. The number of piperidine rings is 1. The first-order valence-electron chi connectivity index (χ1n) is 8.05. The lowest BCUT2D eigenvalue weighted by Crippen LogP contribution is -2.41. The minimum Gasteiger partial charge on any atom is -0.457 e. The van der Waals surface area contributed by atoms with Gasteiger partial charge in [-0.25, -0.2) is 0 Å². The van der Waals surface area contributed by atoms with Gasteiger partial charge in [-0.05, 0) is 43.2 Å². The first kappa shape index (κ1) is 16.1. The van der Waals surface area contributed by atoms with Crippen molar-refractivity contribution in [3.8, 4) is 11.5 Å². The van der Waals surface area contributed by atoms with Gasteiger partial charge >= 0.3 is 0 Å². The zero-order valence-electron chi connectivity index (χ0n) is 13.4. The summed E-state index contributed by atoms with van der Waals surface area (Å²) in [6, 6.07) is 16.6. The second-order valence-electron chi connectivity index (χ2n) is 5.91. The molecule has 1 aliphatic heterocycles. The monoisotopic (exact) mass is 324 g/mol. The number of carbonyl (C=O) groups is 2. The molecule has 0 saturated carbocycles. The molecule has 0 radical (unpaired) electrons. The van der Waals surface area contributed by atoms with Crippen molar-refractivity contribution in [1.29, 1.82) is 0 Å². The average Bonchev–Trinajstić information content (AvgIpc) is 2.62. The molecule has 124 valence electrons. The van der Waals surface area contributed by atoms with E-state index in [1.165, 1.54) is 0 Å². The summed E-state index contributed by atoms with van der Waals surface area (Å²) in [7, 11) is 0. The van der Waals surface area contributed by atoms with Gasteiger partial charge in [0.2, 0.25) is 5.91 Å². The highest BCUT2D eigenvalue weighted by Crippen LogP contribution is 2.24. The van der Waals surface area contributed by atoms with Crippen molar-refractivity contribution in [3.05, 3.63) is 60.2 Å². The minimum atomic E-state index is -0.277. The van der Waals surface area contributed by atoms with Crippen LogP contribution in [0.3, 0.4) is 0 Å². The third-order valence-corrected chi connectivity index (χ3v) is 4.24. The molecule has 1 fully saturated rings. The second-order valence-corrected chi connectivity index (χ2v) is 5.91. The number of ether oxygens (including phenoxy) is 1. The van der Waals surface area contributed by atoms with Gasteiger partial charge in [0, 0.05) is 24.6 Å². The number of para-hydroxylation sites is 1. The molecule has 2 amide bonds. The van der Waals surface area contributed by atoms with E-state index in [1.807, 2.05) is 42.5 Å². The van der Waals surface area contributed by atoms with Crippen molar-refractivity contribution >= 4 is 11.8 Å². The molecule has 0 aliphatic carbocycles. The van der Waals surface area contributed by atoms with E-state index in [0.29, 0.717) is 37.2 Å². The maximum absolute atomic E-state index is 12.6. The van der Waals surface area contributed by atoms with Crippen LogP contribution in [0.4, 0.5) is 0 Å². The third kappa shape index (κ3) is 3.74. The lowest BCUT2D eigenvalue weighted by atomic mass is 9.96. The Morgan fingerprint density at radius 2 is 1.62 bits per heavy atom. The minimum absolute atomic E-state index is 0.0450. The molecule has 1 aliphatic rings. The fourth-order valence-electron chi connectivity index (χ4n) is 2.87. The molecule has 3 rings (SSSR count). The van der Waals surface area contributed by atoms with Gasteiger partial charge in [-0.1, -0.05) is 24.3 Å². The normalized spacial score (nSPS) is 15.1. The summed E-state index contributed by atoms with van der Waals surface area (Å²) in [5.41, 5.74) is 5.92. The predicted octanol–water partition coefficient (Wildman–Crippen LogP) is 2.82. The number of nitrogens with two attached hydrogens (primary N) is 1. The maximum Gasteiger partial charge on any atom is 0.253 e. The van der Waals surface area contributed by atoms with Crippen LogP contribution in [0, 0.1) is 5.92 Å². The van der Waals surface area contributed by atoms with Crippen LogP contribution in [0.2, 0.25) is 0 Å². The topological polar surface area (TPSA) is 72.6 Å². The largest absolute Gasteiger partial charge is 0.457 e. The SMILES string of the molecule is NC(=O)C1CCN(C(=O)c2cccc(Oc3ccccc3)c2)CC1. The van der Waals surface area contributed by atoms with E-state index in [-0.39, 0.29) is 17.7 Å². The van der Waals surface area contributed by atoms with Crippen LogP contribution < -0.4 is 10.5 Å². The standard InChI is InChI=1S/C19H20N2O3/c20-18(22)14-9-11-21(12-10-14)19(23)15-5-4-8-17(13-15)24-16-6-2-1-3-7-16/h1-8,13-14H,9-12H2,(H2,20,22). The van der Waals surface area contributed by atoms with Gasteiger partial charge in [0.15, 0.2) is 0 Å². The molecule has 1 heterocycles. The van der Waals surface area contributed by atoms with Crippen molar-refractivity contribution in [2.45, 2.75) is 12.8 Å². The smallest absolute Gasteiger partial charge is 0.253 e. The fraction of sp³-hybridized carbons (Fsp3) is 0.263. The van der Waals surface area contributed by atoms with Gasteiger partial charge in [0.1, 0.15) is 11.5 Å². The Labute approximate surface area is 141 Å². The Bertz CT molecular complexity index is 722. The Hall–Kier alpha value is -2.82. The zero-order chi connectivity index (χ0) is 16.9. The molecule has 1 saturated heterocycles. The number of carbonyl (C=O) groups excluding carboxylic acids is 2. The highest BCUT2D eigenvalue weighted by Gasteiger charge is 2.26. The van der Waals surface area contributed by atoms with Crippen LogP contribution in [0.1, 0.15) is 23.2 Å². The van der Waals surface area contributed by atoms with Crippen LogP contribution in [-0.4, -0.2) is 29.8 Å². The maximum atomic E-state index is 12.6. The summed E-state index contributed by atoms with van der Waals surface area (Å²) in [5.74, 6) is 0.905. The van der Waals surface area contributed by atoms with Gasteiger partial charge in [0.05, 0.1) is 0 Å². The van der Waals surface area contributed by atoms with E-state index in [1.54, 1.807) is 17.0 Å². The molecule has 0 aromatic heterocycles. The highest BCUT2D eigenvalue weighted by atomic mass is 16.5. The number of rotatable bonds is 4. The van der Waals surface area contributed by atoms with Gasteiger partial charge < -0.3 is 15.4 Å². The molecule has 24 heavy (non-hydrogen) atoms. The van der Waals surface area contributed by atoms with E-state index in [2.05, 4.69) is 0 Å². The molecule has 2 aromatic carbocycles. The van der Waals surface area contributed by atoms with E-state index >= 15 is 0 Å². The fourth-order valence-corrected chi connectivity index (χ4v) is 2.87. The summed E-state index contributed by atoms with van der Waals surface area (Å²) < 4.78 is 5.77. The molecule has 0 spiro atoms. The van der Waals surface area contributed by atoms with Crippen LogP contribution in [0.5, 0.6) is 11.5 Å². The van der Waals surface area contributed by atoms with Gasteiger partial charge in [0.25, 0.3) is 5.91 Å². The van der Waals surface area contributed by atoms with Crippen molar-refractivity contribution in [2.24, 2.45) is 11.7 Å². The summed E-state index contributed by atoms with van der Waals surface area (Å²) in [6.07, 6.45) is 1.25. The Morgan fingerprint density at radius 1 is 0.958 bits per heavy atom. The molecule has 5 heteroatoms. The first-order valence-corrected chi connectivity index (χ1v) is 8.05. The number of primary amides is 1. The van der Waals surface area contributed by atoms with Crippen molar-refractivity contribution in [3.63, 3.8) is 0 Å². The molecule has 0 atom stereocenters. The molecule has 0 unspecified atom stereocenters. The summed E-state index contributed by atoms with van der Waals surface area (Å²) in [6.45, 7) is 1.10. The number of amides is 2. The molecule has 0 bridgehead atoms. The second kappa shape index (κ2) is 7.17. The summed E-state index contributed by atoms with van der Waals surface area (Å²) in [5, 5.41) is 0. The molecule has 2 N–H and O–H groups in total. The lowest BCUT2D eigenvalue weighted by Gasteiger charge is -2.30. The zero-order valence-corrected chi connectivity index (χ0v) is 13.4. The first-order chi connectivity index (χ1) is 11.6. The van der Waals surface area contributed by atoms with E-state index in [0.717, 1.165) is 5.75 Å². The van der Waals surface area contributed by atoms with Crippen molar-refractivity contribution in [1.82, 2.24) is 4.90 Å². The van der Waals surface area contributed by atoms with Crippen molar-refractivity contribution in [2.75, 3.05) is 13.1 Å². The molecular weight excluding hydrogens is 304 g/mol. The number of likely N-dealkylation sites (tertiary alicyclic amines) is 1. The molecule has 5 nitrogen and oxygen atoms in total. The predicted molar refractivity (Wildman–Crippen MR) is 90.8 cm³/mol. The average molecular weight is 324 g/mol. The van der Waals surface area contributed by atoms with E-state index in [9.17, 15) is 9.59 Å². The molecule has 2 aromatic rings.